The molecule has 216 valence electrons. The first-order valence-electron chi connectivity index (χ1n) is 11.8. The smallest absolute Gasteiger partial charge is 0.417 e. The van der Waals surface area contributed by atoms with E-state index < -0.39 is 83.3 Å². The first-order chi connectivity index (χ1) is 18.5. The summed E-state index contributed by atoms with van der Waals surface area (Å²) in [4.78, 5) is 47.8. The van der Waals surface area contributed by atoms with E-state index in [4.69, 9.17) is 16.2 Å². The summed E-state index contributed by atoms with van der Waals surface area (Å²) in [7, 11) is 0. The summed E-state index contributed by atoms with van der Waals surface area (Å²) < 4.78 is 85.3. The van der Waals surface area contributed by atoms with E-state index in [0.29, 0.717) is 0 Å². The van der Waals surface area contributed by atoms with Gasteiger partial charge in [-0.2, -0.15) is 26.3 Å². The molecule has 2 saturated heterocycles. The van der Waals surface area contributed by atoms with Crippen molar-refractivity contribution < 1.29 is 50.6 Å². The molecule has 2 amide bonds. The van der Waals surface area contributed by atoms with Crippen LogP contribution < -0.4 is 16.8 Å². The fourth-order valence-corrected chi connectivity index (χ4v) is 5.48. The highest BCUT2D eigenvalue weighted by Crippen LogP contribution is 2.42. The fourth-order valence-electron chi connectivity index (χ4n) is 5.48. The summed E-state index contributed by atoms with van der Waals surface area (Å²) in [6.45, 7) is -0.726. The number of aliphatic hydroxyl groups excluding tert-OH is 1. The molecule has 4 aliphatic rings. The van der Waals surface area contributed by atoms with Crippen LogP contribution in [0.1, 0.15) is 34.3 Å². The molecular formula is C22H21F6N7O5. The van der Waals surface area contributed by atoms with Crippen LogP contribution in [0.15, 0.2) is 28.2 Å². The molecular weight excluding hydrogens is 556 g/mol. The Labute approximate surface area is 220 Å². The molecule has 1 aromatic rings. The topological polar surface area (TPSA) is 176 Å². The van der Waals surface area contributed by atoms with Gasteiger partial charge in [0.25, 0.3) is 0 Å². The number of carbonyl (C=O) groups is 3. The molecule has 2 fully saturated rings. The number of ether oxygens (including phenoxy) is 1. The van der Waals surface area contributed by atoms with Crippen molar-refractivity contribution in [1.29, 1.82) is 0 Å². The maximum Gasteiger partial charge on any atom is 0.417 e. The number of imide groups is 1. The van der Waals surface area contributed by atoms with E-state index in [1.54, 1.807) is 0 Å². The third-order valence-electron chi connectivity index (χ3n) is 7.26. The Balaban J connectivity index is 1.45. The number of amides is 2. The Morgan fingerprint density at radius 2 is 1.75 bits per heavy atom. The van der Waals surface area contributed by atoms with Gasteiger partial charge < -0.3 is 31.5 Å². The van der Waals surface area contributed by atoms with Crippen LogP contribution in [-0.4, -0.2) is 87.7 Å². The first kappa shape index (κ1) is 27.5. The second-order valence-electron chi connectivity index (χ2n) is 9.62. The number of alkyl halides is 6. The number of nitrogens with zero attached hydrogens (tertiary/aromatic N) is 4. The van der Waals surface area contributed by atoms with Crippen molar-refractivity contribution in [3.05, 3.63) is 34.9 Å². The highest BCUT2D eigenvalue weighted by atomic mass is 19.4. The molecule has 1 spiro atoms. The monoisotopic (exact) mass is 577 g/mol. The number of aliphatic hydroxyl groups is 1. The maximum absolute atomic E-state index is 13.5. The van der Waals surface area contributed by atoms with Crippen molar-refractivity contribution >= 4 is 29.7 Å². The van der Waals surface area contributed by atoms with E-state index >= 15 is 0 Å². The molecule has 12 nitrogen and oxygen atoms in total. The summed E-state index contributed by atoms with van der Waals surface area (Å²) >= 11 is 0. The molecule has 5 rings (SSSR count). The molecule has 0 saturated carbocycles. The predicted molar refractivity (Wildman–Crippen MR) is 121 cm³/mol. The van der Waals surface area contributed by atoms with E-state index in [-0.39, 0.29) is 49.5 Å². The number of hydrogen-bond acceptors (Lipinski definition) is 11. The van der Waals surface area contributed by atoms with Crippen molar-refractivity contribution in [2.45, 2.75) is 55.1 Å². The highest BCUT2D eigenvalue weighted by Gasteiger charge is 2.66. The summed E-state index contributed by atoms with van der Waals surface area (Å²) in [6, 6.07) is -1.81. The second kappa shape index (κ2) is 8.97. The van der Waals surface area contributed by atoms with Crippen LogP contribution >= 0.6 is 0 Å². The zero-order valence-corrected chi connectivity index (χ0v) is 20.2. The summed E-state index contributed by atoms with van der Waals surface area (Å²) in [5.41, 5.74) is 5.62. The molecule has 4 aliphatic heterocycles. The van der Waals surface area contributed by atoms with Crippen molar-refractivity contribution in [2.75, 3.05) is 13.1 Å². The van der Waals surface area contributed by atoms with Gasteiger partial charge >= 0.3 is 18.3 Å². The molecule has 5 atom stereocenters. The average molecular weight is 577 g/mol. The van der Waals surface area contributed by atoms with Gasteiger partial charge in [-0.15, -0.1) is 0 Å². The third kappa shape index (κ3) is 4.25. The van der Waals surface area contributed by atoms with Crippen LogP contribution in [0.2, 0.25) is 0 Å². The predicted octanol–water partition coefficient (Wildman–Crippen LogP) is -0.245. The van der Waals surface area contributed by atoms with Crippen molar-refractivity contribution in [3.8, 4) is 0 Å². The second-order valence-corrected chi connectivity index (χ2v) is 9.62. The van der Waals surface area contributed by atoms with Gasteiger partial charge in [0, 0.05) is 12.8 Å². The fraction of sp³-hybridized carbons (Fsp3) is 0.500. The maximum atomic E-state index is 13.5. The zero-order valence-electron chi connectivity index (χ0n) is 20.2. The number of nitrogens with two attached hydrogens (primary N) is 2. The van der Waals surface area contributed by atoms with Crippen LogP contribution in [0.25, 0.3) is 0 Å². The van der Waals surface area contributed by atoms with Gasteiger partial charge in [0.2, 0.25) is 11.8 Å². The molecule has 0 radical (unpaired) electrons. The van der Waals surface area contributed by atoms with Gasteiger partial charge in [0.05, 0.1) is 35.8 Å². The number of rotatable bonds is 4. The van der Waals surface area contributed by atoms with E-state index in [1.807, 2.05) is 0 Å². The van der Waals surface area contributed by atoms with E-state index in [2.05, 4.69) is 15.3 Å². The van der Waals surface area contributed by atoms with Crippen molar-refractivity contribution in [1.82, 2.24) is 15.1 Å². The molecule has 4 heterocycles. The highest BCUT2D eigenvalue weighted by molar-refractivity contribution is 6.02. The van der Waals surface area contributed by atoms with E-state index in [9.17, 15) is 45.8 Å². The number of nitrogens with one attached hydrogen (secondary N) is 1. The molecule has 0 aliphatic carbocycles. The molecule has 0 bridgehead atoms. The minimum Gasteiger partial charge on any atom is -0.454 e. The molecule has 6 N–H and O–H groups in total. The largest absolute Gasteiger partial charge is 0.454 e. The standard InChI is InChI=1S/C22H21F6N7O5/c23-21(24,25)8-1-2-10(22(26,27)28)9(5-8)17(39)40-12-7-35-19(30)31-11(6-34-13(36)3-4-14(34)37)15-20(35,16(12)38)33-18(29)32-15/h1-2,5,11-12,15-16,38H,3-4,6-7H2,(H2,30,31)(H3,29,32,33)/t11-,12-,15?,16+,20?/m0/s1. The Hall–Kier alpha value is -4.09. The SMILES string of the molecule is NC1=NC2[C@H](CN3C(=O)CCC3=O)N=C(N)N3C[C@H](OC(=O)c4cc(C(F)(F)F)ccc4C(F)(F)F)[C@@H](O)C23N1. The summed E-state index contributed by atoms with van der Waals surface area (Å²) in [6.07, 6.45) is -13.7. The van der Waals surface area contributed by atoms with Crippen molar-refractivity contribution in [3.63, 3.8) is 0 Å². The first-order valence-corrected chi connectivity index (χ1v) is 11.8. The van der Waals surface area contributed by atoms with Crippen molar-refractivity contribution in [2.24, 2.45) is 21.5 Å². The Morgan fingerprint density at radius 1 is 1.10 bits per heavy atom. The molecule has 1 aromatic carbocycles. The van der Waals surface area contributed by atoms with Gasteiger partial charge in [0.1, 0.15) is 18.2 Å². The van der Waals surface area contributed by atoms with Gasteiger partial charge in [-0.1, -0.05) is 0 Å². The average Bonchev–Trinajstić information content (AvgIpc) is 3.47. The number of guanidine groups is 2. The molecule has 2 unspecified atom stereocenters. The summed E-state index contributed by atoms with van der Waals surface area (Å²) in [5.74, 6) is -3.17. The quantitative estimate of drug-likeness (QED) is 0.214. The Morgan fingerprint density at radius 3 is 2.35 bits per heavy atom. The minimum atomic E-state index is -5.20. The summed E-state index contributed by atoms with van der Waals surface area (Å²) in [5, 5.41) is 14.0. The molecule has 0 aromatic heterocycles. The van der Waals surface area contributed by atoms with Gasteiger partial charge in [0.15, 0.2) is 17.6 Å². The lowest BCUT2D eigenvalue weighted by Crippen LogP contribution is -2.73. The minimum absolute atomic E-state index is 0.00750. The number of halogens is 6. The number of carbonyl (C=O) groups excluding carboxylic acids is 3. The van der Waals surface area contributed by atoms with Crippen LogP contribution in [-0.2, 0) is 26.7 Å². The number of aliphatic imine (C=N–C) groups is 2. The zero-order chi connectivity index (χ0) is 29.4. The lowest BCUT2D eigenvalue weighted by molar-refractivity contribution is -0.141. The van der Waals surface area contributed by atoms with Crippen LogP contribution in [0.3, 0.4) is 0 Å². The van der Waals surface area contributed by atoms with E-state index in [1.165, 1.54) is 4.90 Å². The Bertz CT molecular complexity index is 1330. The van der Waals surface area contributed by atoms with Gasteiger partial charge in [-0.3, -0.25) is 14.5 Å². The van der Waals surface area contributed by atoms with Crippen LogP contribution in [0, 0.1) is 0 Å². The van der Waals surface area contributed by atoms with Gasteiger partial charge in [-0.05, 0) is 18.2 Å². The van der Waals surface area contributed by atoms with E-state index in [0.717, 1.165) is 4.90 Å². The number of benzene rings is 1. The normalized spacial score (nSPS) is 30.1. The number of likely N-dealkylation sites (tertiary alicyclic amines) is 1. The van der Waals surface area contributed by atoms with Crippen LogP contribution in [0.4, 0.5) is 26.3 Å². The Kier molecular flexibility index (Phi) is 6.16. The van der Waals surface area contributed by atoms with Gasteiger partial charge in [-0.25, -0.2) is 14.8 Å². The third-order valence-corrected chi connectivity index (χ3v) is 7.26. The molecule has 18 heteroatoms. The number of esters is 1. The number of hydrogen-bond donors (Lipinski definition) is 4. The lowest BCUT2D eigenvalue weighted by Gasteiger charge is -2.46. The van der Waals surface area contributed by atoms with Crippen LogP contribution in [0.5, 0.6) is 0 Å². The lowest BCUT2D eigenvalue weighted by atomic mass is 9.88. The molecule has 40 heavy (non-hydrogen) atoms.